The second-order valence-corrected chi connectivity index (χ2v) is 11.1. The number of thiocarbonyl (C=S) groups is 1. The molecule has 1 aliphatic rings. The largest absolute Gasteiger partial charge is 0.490 e. The maximum absolute atomic E-state index is 13.3. The number of carbonyl (C=O) groups is 1. The van der Waals surface area contributed by atoms with Crippen molar-refractivity contribution in [1.29, 1.82) is 0 Å². The average Bonchev–Trinajstić information content (AvgIpc) is 3.11. The molecule has 3 aromatic carbocycles. The van der Waals surface area contributed by atoms with Crippen LogP contribution in [0.25, 0.3) is 6.08 Å². The molecule has 1 amide bonds. The van der Waals surface area contributed by atoms with E-state index in [1.165, 1.54) is 23.9 Å². The lowest BCUT2D eigenvalue weighted by Crippen LogP contribution is -2.28. The quantitative estimate of drug-likeness (QED) is 0.0842. The fourth-order valence-electron chi connectivity index (χ4n) is 3.83. The Labute approximate surface area is 238 Å². The Hall–Kier alpha value is -2.96. The monoisotopic (exact) mass is 646 g/mol. The molecule has 0 N–H and O–H groups in total. The molecule has 4 rings (SSSR count). The van der Waals surface area contributed by atoms with Gasteiger partial charge in [0.15, 0.2) is 15.8 Å². The summed E-state index contributed by atoms with van der Waals surface area (Å²) in [4.78, 5) is 25.9. The Morgan fingerprint density at radius 3 is 2.49 bits per heavy atom. The van der Waals surface area contributed by atoms with Gasteiger partial charge in [-0.3, -0.25) is 19.8 Å². The molecule has 0 unspecified atom stereocenters. The van der Waals surface area contributed by atoms with Crippen LogP contribution in [0, 0.1) is 27.5 Å². The van der Waals surface area contributed by atoms with Gasteiger partial charge in [0, 0.05) is 12.1 Å². The van der Waals surface area contributed by atoms with E-state index in [2.05, 4.69) is 22.6 Å². The first-order chi connectivity index (χ1) is 17.7. The van der Waals surface area contributed by atoms with Gasteiger partial charge in [0.1, 0.15) is 6.61 Å². The Morgan fingerprint density at radius 2 is 1.84 bits per heavy atom. The highest BCUT2D eigenvalue weighted by molar-refractivity contribution is 14.1. The van der Waals surface area contributed by atoms with E-state index >= 15 is 0 Å². The predicted molar refractivity (Wildman–Crippen MR) is 159 cm³/mol. The Kier molecular flexibility index (Phi) is 8.50. The molecule has 190 valence electrons. The van der Waals surface area contributed by atoms with E-state index < -0.39 is 4.92 Å². The Morgan fingerprint density at radius 1 is 1.11 bits per heavy atom. The minimum Gasteiger partial charge on any atom is -0.490 e. The second-order valence-electron chi connectivity index (χ2n) is 8.28. The van der Waals surface area contributed by atoms with Gasteiger partial charge >= 0.3 is 0 Å². The number of hydrogen-bond donors (Lipinski definition) is 0. The summed E-state index contributed by atoms with van der Waals surface area (Å²) in [5, 5.41) is 10.9. The summed E-state index contributed by atoms with van der Waals surface area (Å²) >= 11 is 8.99. The summed E-state index contributed by atoms with van der Waals surface area (Å²) in [7, 11) is 0. The minimum absolute atomic E-state index is 0.0284. The summed E-state index contributed by atoms with van der Waals surface area (Å²) in [6.45, 7) is 6.52. The molecule has 1 fully saturated rings. The zero-order chi connectivity index (χ0) is 26.7. The lowest BCUT2D eigenvalue weighted by Gasteiger charge is -2.17. The van der Waals surface area contributed by atoms with Crippen LogP contribution in [-0.4, -0.2) is 21.8 Å². The normalized spacial score (nSPS) is 14.4. The molecule has 0 radical (unpaired) electrons. The van der Waals surface area contributed by atoms with E-state index in [4.69, 9.17) is 21.7 Å². The van der Waals surface area contributed by atoms with Gasteiger partial charge in [-0.15, -0.1) is 0 Å². The second kappa shape index (κ2) is 11.6. The smallest absolute Gasteiger partial charge is 0.270 e. The number of benzene rings is 3. The first-order valence-corrected chi connectivity index (χ1v) is 13.7. The number of thioether (sulfide) groups is 1. The highest BCUT2D eigenvalue weighted by Crippen LogP contribution is 2.40. The number of halogens is 1. The van der Waals surface area contributed by atoms with Crippen LogP contribution >= 0.6 is 46.6 Å². The van der Waals surface area contributed by atoms with Crippen molar-refractivity contribution in [3.63, 3.8) is 0 Å². The van der Waals surface area contributed by atoms with Crippen LogP contribution in [0.4, 0.5) is 11.4 Å². The van der Waals surface area contributed by atoms with Crippen LogP contribution in [0.15, 0.2) is 59.5 Å². The third kappa shape index (κ3) is 6.13. The summed E-state index contributed by atoms with van der Waals surface area (Å²) in [5.41, 5.74) is 4.51. The summed E-state index contributed by atoms with van der Waals surface area (Å²) in [6, 6.07) is 15.9. The van der Waals surface area contributed by atoms with Crippen LogP contribution in [-0.2, 0) is 11.4 Å². The minimum atomic E-state index is -0.435. The fourth-order valence-corrected chi connectivity index (χ4v) is 5.89. The highest BCUT2D eigenvalue weighted by atomic mass is 127. The molecule has 37 heavy (non-hydrogen) atoms. The molecule has 3 aromatic rings. The molecular formula is C27H23IN2O5S2. The molecule has 1 aliphatic heterocycles. The van der Waals surface area contributed by atoms with E-state index in [1.54, 1.807) is 17.0 Å². The molecule has 0 aromatic heterocycles. The average molecular weight is 647 g/mol. The van der Waals surface area contributed by atoms with Crippen LogP contribution in [0.3, 0.4) is 0 Å². The molecule has 0 spiro atoms. The highest BCUT2D eigenvalue weighted by Gasteiger charge is 2.34. The summed E-state index contributed by atoms with van der Waals surface area (Å²) in [6.07, 6.45) is 1.81. The van der Waals surface area contributed by atoms with Gasteiger partial charge < -0.3 is 9.47 Å². The molecule has 1 heterocycles. The van der Waals surface area contributed by atoms with E-state index in [1.807, 2.05) is 57.2 Å². The lowest BCUT2D eigenvalue weighted by molar-refractivity contribution is -0.384. The van der Waals surface area contributed by atoms with Gasteiger partial charge in [-0.1, -0.05) is 41.7 Å². The first kappa shape index (κ1) is 27.1. The number of rotatable bonds is 8. The fraction of sp³-hybridized carbons (Fsp3) is 0.185. The number of aryl methyl sites for hydroxylation is 2. The van der Waals surface area contributed by atoms with Crippen molar-refractivity contribution < 1.29 is 19.2 Å². The van der Waals surface area contributed by atoms with E-state index in [0.717, 1.165) is 31.5 Å². The number of anilines is 1. The van der Waals surface area contributed by atoms with Crippen molar-refractivity contribution in [3.05, 3.63) is 95.4 Å². The van der Waals surface area contributed by atoms with Gasteiger partial charge in [-0.05, 0) is 96.5 Å². The molecule has 0 bridgehead atoms. The van der Waals surface area contributed by atoms with E-state index in [9.17, 15) is 14.9 Å². The van der Waals surface area contributed by atoms with Crippen molar-refractivity contribution in [1.82, 2.24) is 0 Å². The van der Waals surface area contributed by atoms with Crippen LogP contribution in [0.2, 0.25) is 0 Å². The van der Waals surface area contributed by atoms with Crippen molar-refractivity contribution in [2.24, 2.45) is 0 Å². The van der Waals surface area contributed by atoms with Crippen molar-refractivity contribution in [2.45, 2.75) is 27.4 Å². The third-order valence-electron chi connectivity index (χ3n) is 5.55. The number of nitrogens with zero attached hydrogens (tertiary/aromatic N) is 2. The standard InChI is InChI=1S/C27H23IN2O5S2/c1-4-34-23-13-19(12-21(28)25(23)35-15-18-6-8-20(9-7-18)30(32)33)14-24-26(31)29(27(36)37-24)22-10-5-16(2)11-17(22)3/h5-14H,4,15H2,1-3H3/b24-14-. The number of ether oxygens (including phenoxy) is 2. The van der Waals surface area contributed by atoms with Crippen LogP contribution < -0.4 is 14.4 Å². The predicted octanol–water partition coefficient (Wildman–Crippen LogP) is 7.20. The molecular weight excluding hydrogens is 623 g/mol. The number of carbonyl (C=O) groups excluding carboxylic acids is 1. The van der Waals surface area contributed by atoms with Gasteiger partial charge in [-0.25, -0.2) is 0 Å². The van der Waals surface area contributed by atoms with E-state index in [0.29, 0.717) is 27.3 Å². The van der Waals surface area contributed by atoms with Crippen LogP contribution in [0.1, 0.15) is 29.2 Å². The number of hydrogen-bond acceptors (Lipinski definition) is 7. The SMILES string of the molecule is CCOc1cc(/C=C2\SC(=S)N(c3ccc(C)cc3C)C2=O)cc(I)c1OCc1ccc([N+](=O)[O-])cc1. The molecule has 10 heteroatoms. The van der Waals surface area contributed by atoms with Gasteiger partial charge in [-0.2, -0.15) is 0 Å². The number of nitro benzene ring substituents is 1. The zero-order valence-corrected chi connectivity index (χ0v) is 24.1. The molecule has 0 aliphatic carbocycles. The number of nitro groups is 1. The van der Waals surface area contributed by atoms with Gasteiger partial charge in [0.2, 0.25) is 0 Å². The lowest BCUT2D eigenvalue weighted by atomic mass is 10.1. The zero-order valence-electron chi connectivity index (χ0n) is 20.3. The molecule has 7 nitrogen and oxygen atoms in total. The van der Waals surface area contributed by atoms with Gasteiger partial charge in [0.05, 0.1) is 25.7 Å². The molecule has 0 atom stereocenters. The number of non-ortho nitro benzene ring substituents is 1. The maximum Gasteiger partial charge on any atom is 0.270 e. The van der Waals surface area contributed by atoms with Crippen molar-refractivity contribution >= 4 is 74.2 Å². The Balaban J connectivity index is 1.58. The first-order valence-electron chi connectivity index (χ1n) is 11.4. The topological polar surface area (TPSA) is 81.9 Å². The third-order valence-corrected chi connectivity index (χ3v) is 7.65. The Bertz CT molecular complexity index is 1420. The van der Waals surface area contributed by atoms with Crippen LogP contribution in [0.5, 0.6) is 11.5 Å². The summed E-state index contributed by atoms with van der Waals surface area (Å²) in [5.74, 6) is 0.960. The van der Waals surface area contributed by atoms with E-state index in [-0.39, 0.29) is 18.2 Å². The maximum atomic E-state index is 13.3. The summed E-state index contributed by atoms with van der Waals surface area (Å²) < 4.78 is 13.2. The number of amides is 1. The van der Waals surface area contributed by atoms with Gasteiger partial charge in [0.25, 0.3) is 11.6 Å². The molecule has 0 saturated carbocycles. The molecule has 1 saturated heterocycles. The van der Waals surface area contributed by atoms with Crippen molar-refractivity contribution in [3.8, 4) is 11.5 Å². The van der Waals surface area contributed by atoms with Crippen molar-refractivity contribution in [2.75, 3.05) is 11.5 Å².